The average molecular weight is 378 g/mol. The Morgan fingerprint density at radius 2 is 2.00 bits per heavy atom. The SMILES string of the molecule is CC1CN2CCCC2CN1C(=O)c1ccc(-c2cccc(C(F)(F)F)c2)o1. The van der Waals surface area contributed by atoms with Crippen LogP contribution in [0.25, 0.3) is 11.3 Å². The van der Waals surface area contributed by atoms with Crippen molar-refractivity contribution in [2.75, 3.05) is 19.6 Å². The molecular weight excluding hydrogens is 357 g/mol. The van der Waals surface area contributed by atoms with Crippen molar-refractivity contribution in [2.45, 2.75) is 38.0 Å². The molecule has 0 radical (unpaired) electrons. The van der Waals surface area contributed by atoms with Gasteiger partial charge in [-0.1, -0.05) is 12.1 Å². The number of piperazine rings is 1. The van der Waals surface area contributed by atoms with Gasteiger partial charge in [0.1, 0.15) is 5.76 Å². The van der Waals surface area contributed by atoms with Crippen LogP contribution in [0, 0.1) is 0 Å². The van der Waals surface area contributed by atoms with Gasteiger partial charge in [-0.2, -0.15) is 13.2 Å². The number of rotatable bonds is 2. The predicted octanol–water partition coefficient (Wildman–Crippen LogP) is 4.27. The van der Waals surface area contributed by atoms with Crippen molar-refractivity contribution in [2.24, 2.45) is 0 Å². The number of hydrogen-bond acceptors (Lipinski definition) is 3. The van der Waals surface area contributed by atoms with Crippen LogP contribution < -0.4 is 0 Å². The summed E-state index contributed by atoms with van der Waals surface area (Å²) in [7, 11) is 0. The number of fused-ring (bicyclic) bond motifs is 1. The Bertz CT molecular complexity index is 846. The highest BCUT2D eigenvalue weighted by molar-refractivity contribution is 5.92. The second-order valence-electron chi connectivity index (χ2n) is 7.34. The maximum Gasteiger partial charge on any atom is 0.416 e. The van der Waals surface area contributed by atoms with Gasteiger partial charge in [0.2, 0.25) is 0 Å². The highest BCUT2D eigenvalue weighted by Crippen LogP contribution is 2.33. The highest BCUT2D eigenvalue weighted by atomic mass is 19.4. The van der Waals surface area contributed by atoms with Gasteiger partial charge in [-0.05, 0) is 50.6 Å². The lowest BCUT2D eigenvalue weighted by Crippen LogP contribution is -2.56. The molecule has 2 fully saturated rings. The molecule has 1 aromatic heterocycles. The first kappa shape index (κ1) is 18.1. The van der Waals surface area contributed by atoms with Gasteiger partial charge in [0.05, 0.1) is 5.56 Å². The number of hydrogen-bond donors (Lipinski definition) is 0. The summed E-state index contributed by atoms with van der Waals surface area (Å²) < 4.78 is 44.4. The van der Waals surface area contributed by atoms with Crippen LogP contribution in [0.1, 0.15) is 35.9 Å². The monoisotopic (exact) mass is 378 g/mol. The van der Waals surface area contributed by atoms with Crippen molar-refractivity contribution in [1.82, 2.24) is 9.80 Å². The van der Waals surface area contributed by atoms with Crippen molar-refractivity contribution >= 4 is 5.91 Å². The fourth-order valence-electron chi connectivity index (χ4n) is 4.07. The molecule has 1 amide bonds. The lowest BCUT2D eigenvalue weighted by Gasteiger charge is -2.41. The fourth-order valence-corrected chi connectivity index (χ4v) is 4.07. The Morgan fingerprint density at radius 3 is 2.78 bits per heavy atom. The minimum atomic E-state index is -4.42. The third-order valence-electron chi connectivity index (χ3n) is 5.49. The van der Waals surface area contributed by atoms with Gasteiger partial charge >= 0.3 is 6.18 Å². The van der Waals surface area contributed by atoms with E-state index >= 15 is 0 Å². The maximum atomic E-state index is 12.9. The molecule has 144 valence electrons. The molecule has 1 aromatic carbocycles. The Kier molecular flexibility index (Phi) is 4.50. The first-order valence-corrected chi connectivity index (χ1v) is 9.15. The molecule has 2 aliphatic rings. The number of benzene rings is 1. The topological polar surface area (TPSA) is 36.7 Å². The second-order valence-corrected chi connectivity index (χ2v) is 7.34. The molecule has 27 heavy (non-hydrogen) atoms. The van der Waals surface area contributed by atoms with Crippen LogP contribution in [0.2, 0.25) is 0 Å². The Hall–Kier alpha value is -2.28. The number of alkyl halides is 3. The molecule has 2 atom stereocenters. The zero-order chi connectivity index (χ0) is 19.2. The van der Waals surface area contributed by atoms with Gasteiger partial charge in [0, 0.05) is 30.7 Å². The summed E-state index contributed by atoms with van der Waals surface area (Å²) >= 11 is 0. The summed E-state index contributed by atoms with van der Waals surface area (Å²) in [5.74, 6) is 0.226. The summed E-state index contributed by atoms with van der Waals surface area (Å²) in [5.41, 5.74) is -0.437. The van der Waals surface area contributed by atoms with E-state index in [2.05, 4.69) is 4.90 Å². The van der Waals surface area contributed by atoms with Gasteiger partial charge < -0.3 is 9.32 Å². The van der Waals surface area contributed by atoms with E-state index in [1.165, 1.54) is 6.07 Å². The predicted molar refractivity (Wildman–Crippen MR) is 94.2 cm³/mol. The van der Waals surface area contributed by atoms with Crippen molar-refractivity contribution in [3.63, 3.8) is 0 Å². The summed E-state index contributed by atoms with van der Waals surface area (Å²) in [6, 6.07) is 8.50. The number of halogens is 3. The molecule has 2 unspecified atom stereocenters. The van der Waals surface area contributed by atoms with Crippen molar-refractivity contribution in [3.8, 4) is 11.3 Å². The van der Waals surface area contributed by atoms with Crippen molar-refractivity contribution in [3.05, 3.63) is 47.7 Å². The van der Waals surface area contributed by atoms with E-state index < -0.39 is 11.7 Å². The van der Waals surface area contributed by atoms with E-state index in [4.69, 9.17) is 4.42 Å². The van der Waals surface area contributed by atoms with E-state index in [0.717, 1.165) is 38.1 Å². The van der Waals surface area contributed by atoms with Crippen LogP contribution in [-0.2, 0) is 6.18 Å². The molecule has 2 saturated heterocycles. The van der Waals surface area contributed by atoms with Crippen LogP contribution in [0.5, 0.6) is 0 Å². The number of carbonyl (C=O) groups is 1. The number of nitrogens with zero attached hydrogens (tertiary/aromatic N) is 2. The van der Waals surface area contributed by atoms with Crippen molar-refractivity contribution in [1.29, 1.82) is 0 Å². The summed E-state index contributed by atoms with van der Waals surface area (Å²) in [5, 5.41) is 0. The van der Waals surface area contributed by atoms with Gasteiger partial charge in [-0.15, -0.1) is 0 Å². The second kappa shape index (κ2) is 6.71. The number of furan rings is 1. The first-order valence-electron chi connectivity index (χ1n) is 9.15. The minimum Gasteiger partial charge on any atom is -0.451 e. The van der Waals surface area contributed by atoms with Gasteiger partial charge in [-0.25, -0.2) is 0 Å². The summed E-state index contributed by atoms with van der Waals surface area (Å²) in [6.45, 7) is 4.61. The third kappa shape index (κ3) is 3.48. The van der Waals surface area contributed by atoms with Crippen LogP contribution in [0.15, 0.2) is 40.8 Å². The lowest BCUT2D eigenvalue weighted by molar-refractivity contribution is -0.137. The van der Waals surface area contributed by atoms with Crippen molar-refractivity contribution < 1.29 is 22.4 Å². The van der Waals surface area contributed by atoms with Crippen LogP contribution in [-0.4, -0.2) is 47.4 Å². The van der Waals surface area contributed by atoms with E-state index in [-0.39, 0.29) is 23.5 Å². The molecular formula is C20H21F3N2O2. The largest absolute Gasteiger partial charge is 0.451 e. The zero-order valence-electron chi connectivity index (χ0n) is 15.0. The first-order chi connectivity index (χ1) is 12.8. The van der Waals surface area contributed by atoms with Crippen LogP contribution in [0.4, 0.5) is 13.2 Å². The molecule has 0 bridgehead atoms. The average Bonchev–Trinajstić information content (AvgIpc) is 3.29. The van der Waals surface area contributed by atoms with E-state index in [1.54, 1.807) is 18.2 Å². The molecule has 2 aliphatic heterocycles. The van der Waals surface area contributed by atoms with Crippen LogP contribution in [0.3, 0.4) is 0 Å². The third-order valence-corrected chi connectivity index (χ3v) is 5.49. The molecule has 0 spiro atoms. The standard InChI is InChI=1S/C20H21F3N2O2/c1-13-11-24-9-3-6-16(24)12-25(13)19(26)18-8-7-17(27-18)14-4-2-5-15(10-14)20(21,22)23/h2,4-5,7-8,10,13,16H,3,6,9,11-12H2,1H3. The molecule has 0 aliphatic carbocycles. The highest BCUT2D eigenvalue weighted by Gasteiger charge is 2.37. The Balaban J connectivity index is 1.55. The van der Waals surface area contributed by atoms with Gasteiger partial charge in [-0.3, -0.25) is 9.69 Å². The molecule has 7 heteroatoms. The quantitative estimate of drug-likeness (QED) is 0.783. The van der Waals surface area contributed by atoms with E-state index in [0.29, 0.717) is 18.2 Å². The Morgan fingerprint density at radius 1 is 1.19 bits per heavy atom. The molecule has 3 heterocycles. The summed E-state index contributed by atoms with van der Waals surface area (Å²) in [4.78, 5) is 17.1. The Labute approximate surface area is 155 Å². The van der Waals surface area contributed by atoms with Crippen LogP contribution >= 0.6 is 0 Å². The smallest absolute Gasteiger partial charge is 0.416 e. The number of carbonyl (C=O) groups excluding carboxylic acids is 1. The number of amides is 1. The normalized spacial score (nSPS) is 23.5. The maximum absolute atomic E-state index is 12.9. The molecule has 0 saturated carbocycles. The van der Waals surface area contributed by atoms with E-state index in [9.17, 15) is 18.0 Å². The van der Waals surface area contributed by atoms with E-state index in [1.807, 2.05) is 11.8 Å². The molecule has 4 nitrogen and oxygen atoms in total. The fraction of sp³-hybridized carbons (Fsp3) is 0.450. The van der Waals surface area contributed by atoms with Gasteiger partial charge in [0.25, 0.3) is 5.91 Å². The molecule has 2 aromatic rings. The minimum absolute atomic E-state index is 0.0777. The molecule has 4 rings (SSSR count). The lowest BCUT2D eigenvalue weighted by atomic mass is 10.1. The summed E-state index contributed by atoms with van der Waals surface area (Å²) in [6.07, 6.45) is -2.18. The van der Waals surface area contributed by atoms with Gasteiger partial charge in [0.15, 0.2) is 5.76 Å². The molecule has 0 N–H and O–H groups in total. The zero-order valence-corrected chi connectivity index (χ0v) is 15.0.